The highest BCUT2D eigenvalue weighted by atomic mass is 15.6. The quantitative estimate of drug-likeness (QED) is 0.217. The summed E-state index contributed by atoms with van der Waals surface area (Å²) in [4.78, 5) is 18.1. The van der Waals surface area contributed by atoms with Crippen molar-refractivity contribution in [1.29, 1.82) is 0 Å². The minimum absolute atomic E-state index is 0.203. The fraction of sp³-hybridized carbons (Fsp3) is 0.529. The number of hydrogen-bond donors (Lipinski definition) is 3. The van der Waals surface area contributed by atoms with E-state index in [0.717, 1.165) is 26.1 Å². The van der Waals surface area contributed by atoms with Crippen molar-refractivity contribution in [2.75, 3.05) is 39.2 Å². The Morgan fingerprint density at radius 1 is 0.367 bits per heavy atom. The van der Waals surface area contributed by atoms with Crippen LogP contribution in [0.25, 0.3) is 0 Å². The Balaban J connectivity index is 0.980. The maximum absolute atomic E-state index is 4.70. The lowest BCUT2D eigenvalue weighted by Gasteiger charge is -2.73. The van der Waals surface area contributed by atoms with E-state index in [0.29, 0.717) is 66.5 Å². The molecule has 9 nitrogen and oxygen atoms in total. The largest absolute Gasteiger partial charge is 0.362 e. The SMILES string of the molecule is c1ccc(N2C3CCCCC3N3C4CC5C(NC4N(c4ccccc4)C4CCCC2C43)N(c2ccccc2)C2CCNC3C2N5C2CNCCC2N3c2ccccc2)cc1. The van der Waals surface area contributed by atoms with Gasteiger partial charge in [0.25, 0.3) is 0 Å². The molecule has 4 aromatic carbocycles. The van der Waals surface area contributed by atoms with Crippen molar-refractivity contribution >= 4 is 22.7 Å². The zero-order valence-electron chi connectivity index (χ0n) is 35.0. The number of piperidine rings is 3. The maximum atomic E-state index is 4.70. The van der Waals surface area contributed by atoms with Crippen molar-refractivity contribution in [1.82, 2.24) is 25.8 Å². The van der Waals surface area contributed by atoms with Gasteiger partial charge >= 0.3 is 0 Å². The molecule has 0 bridgehead atoms. The first-order chi connectivity index (χ1) is 29.8. The number of benzene rings is 4. The molecule has 2 saturated carbocycles. The van der Waals surface area contributed by atoms with Crippen molar-refractivity contribution < 1.29 is 0 Å². The van der Waals surface area contributed by atoms with Crippen LogP contribution >= 0.6 is 0 Å². The van der Waals surface area contributed by atoms with Gasteiger partial charge in [-0.15, -0.1) is 0 Å². The average Bonchev–Trinajstić information content (AvgIpc) is 3.32. The molecule has 3 N–H and O–H groups in total. The van der Waals surface area contributed by atoms with E-state index in [4.69, 9.17) is 5.32 Å². The summed E-state index contributed by atoms with van der Waals surface area (Å²) < 4.78 is 0. The minimum Gasteiger partial charge on any atom is -0.362 e. The topological polar surface area (TPSA) is 55.5 Å². The molecule has 9 heteroatoms. The monoisotopic (exact) mass is 802 g/mol. The third-order valence-electron chi connectivity index (χ3n) is 17.1. The van der Waals surface area contributed by atoms with Crippen LogP contribution in [-0.4, -0.2) is 114 Å². The molecule has 7 saturated heterocycles. The number of fused-ring (bicyclic) bond motifs is 8. The summed E-state index contributed by atoms with van der Waals surface area (Å²) in [6.07, 6.45) is 13.3. The molecule has 60 heavy (non-hydrogen) atoms. The molecule has 14 atom stereocenters. The van der Waals surface area contributed by atoms with Crippen LogP contribution in [-0.2, 0) is 0 Å². The third kappa shape index (κ3) is 5.48. The van der Waals surface area contributed by atoms with E-state index in [-0.39, 0.29) is 18.5 Å². The zero-order chi connectivity index (χ0) is 39.3. The highest BCUT2D eigenvalue weighted by Crippen LogP contribution is 2.53. The molecular formula is C51H63N9. The van der Waals surface area contributed by atoms with Gasteiger partial charge in [0.1, 0.15) is 0 Å². The van der Waals surface area contributed by atoms with Crippen molar-refractivity contribution in [2.45, 2.75) is 149 Å². The molecule has 4 aromatic rings. The van der Waals surface area contributed by atoms with E-state index in [1.807, 2.05) is 0 Å². The molecule has 7 heterocycles. The Morgan fingerprint density at radius 3 is 1.42 bits per heavy atom. The highest BCUT2D eigenvalue weighted by molar-refractivity contribution is 5.58. The predicted octanol–water partition coefficient (Wildman–Crippen LogP) is 6.44. The molecule has 13 rings (SSSR count). The van der Waals surface area contributed by atoms with Crippen LogP contribution in [0.4, 0.5) is 22.7 Å². The summed E-state index contributed by atoms with van der Waals surface area (Å²) in [6, 6.07) is 51.3. The first kappa shape index (κ1) is 36.5. The molecule has 0 amide bonds. The van der Waals surface area contributed by atoms with Crippen molar-refractivity contribution in [3.63, 3.8) is 0 Å². The lowest BCUT2D eigenvalue weighted by Crippen LogP contribution is -2.91. The first-order valence-electron chi connectivity index (χ1n) is 23.9. The Kier molecular flexibility index (Phi) is 8.99. The summed E-state index contributed by atoms with van der Waals surface area (Å²) >= 11 is 0. The zero-order valence-corrected chi connectivity index (χ0v) is 35.0. The fourth-order valence-corrected chi connectivity index (χ4v) is 15.3. The van der Waals surface area contributed by atoms with Gasteiger partial charge in [-0.1, -0.05) is 85.6 Å². The van der Waals surface area contributed by atoms with E-state index in [1.165, 1.54) is 80.5 Å². The molecule has 2 aliphatic carbocycles. The molecule has 0 aromatic heterocycles. The second-order valence-corrected chi connectivity index (χ2v) is 19.6. The van der Waals surface area contributed by atoms with Gasteiger partial charge in [-0.3, -0.25) is 20.4 Å². The minimum atomic E-state index is 0.203. The van der Waals surface area contributed by atoms with Crippen molar-refractivity contribution in [2.24, 2.45) is 0 Å². The molecule has 312 valence electrons. The maximum Gasteiger partial charge on any atom is 0.0978 e. The van der Waals surface area contributed by atoms with Gasteiger partial charge in [0.05, 0.1) is 36.6 Å². The van der Waals surface area contributed by atoms with Gasteiger partial charge in [-0.05, 0) is 113 Å². The average molecular weight is 802 g/mol. The van der Waals surface area contributed by atoms with Gasteiger partial charge in [-0.25, -0.2) is 0 Å². The number of rotatable bonds is 4. The summed E-state index contributed by atoms with van der Waals surface area (Å²) in [5, 5.41) is 12.9. The molecule has 7 aliphatic heterocycles. The van der Waals surface area contributed by atoms with Crippen LogP contribution in [0.15, 0.2) is 121 Å². The summed E-state index contributed by atoms with van der Waals surface area (Å²) in [7, 11) is 0. The Hall–Kier alpha value is -4.12. The number of piperazine rings is 4. The molecule has 14 unspecified atom stereocenters. The lowest BCUT2D eigenvalue weighted by atomic mass is 9.69. The second kappa shape index (κ2) is 14.8. The number of hydrogen-bond acceptors (Lipinski definition) is 9. The predicted molar refractivity (Wildman–Crippen MR) is 243 cm³/mol. The van der Waals surface area contributed by atoms with E-state index in [9.17, 15) is 0 Å². The molecular weight excluding hydrogens is 739 g/mol. The van der Waals surface area contributed by atoms with Gasteiger partial charge in [0.15, 0.2) is 0 Å². The summed E-state index contributed by atoms with van der Waals surface area (Å²) in [5.41, 5.74) is 5.60. The Morgan fingerprint density at radius 2 is 0.817 bits per heavy atom. The van der Waals surface area contributed by atoms with E-state index in [2.05, 4.69) is 161 Å². The van der Waals surface area contributed by atoms with Crippen LogP contribution in [0.3, 0.4) is 0 Å². The van der Waals surface area contributed by atoms with E-state index in [1.54, 1.807) is 0 Å². The highest BCUT2D eigenvalue weighted by Gasteiger charge is 2.66. The van der Waals surface area contributed by atoms with Crippen LogP contribution in [0, 0.1) is 0 Å². The number of para-hydroxylation sites is 4. The Labute approximate surface area is 357 Å². The second-order valence-electron chi connectivity index (χ2n) is 19.6. The standard InChI is InChI=1S/C51H63N9/c1-5-16-34(17-6-1)55-38-24-13-14-25-39(38)59-44-32-45-50(54-49(44)57(36-20-9-3-10-21-36)42-27-15-26-41(55)47(42)59)58(37-22-11-4-12-23-37)43-29-31-53-51-48(43)60(45)46-33-52-30-28-40(46)56(51)35-18-7-2-8-19-35/h1-12,16-23,38-54H,13-15,24-33H2. The van der Waals surface area contributed by atoms with Crippen LogP contribution < -0.4 is 35.6 Å². The molecule has 9 fully saturated rings. The molecule has 0 radical (unpaired) electrons. The number of anilines is 4. The van der Waals surface area contributed by atoms with E-state index >= 15 is 0 Å². The third-order valence-corrected chi connectivity index (χ3v) is 17.1. The first-order valence-corrected chi connectivity index (χ1v) is 23.9. The van der Waals surface area contributed by atoms with Gasteiger partial charge in [0.2, 0.25) is 0 Å². The molecule has 0 spiro atoms. The lowest BCUT2D eigenvalue weighted by molar-refractivity contribution is -0.124. The summed E-state index contributed by atoms with van der Waals surface area (Å²) in [6.45, 7) is 3.16. The van der Waals surface area contributed by atoms with E-state index < -0.39 is 0 Å². The van der Waals surface area contributed by atoms with Crippen LogP contribution in [0.5, 0.6) is 0 Å². The number of nitrogens with one attached hydrogen (secondary N) is 3. The Bertz CT molecular complexity index is 1960. The molecule has 9 aliphatic rings. The van der Waals surface area contributed by atoms with Gasteiger partial charge < -0.3 is 24.9 Å². The normalized spacial score (nSPS) is 39.7. The van der Waals surface area contributed by atoms with Crippen molar-refractivity contribution in [3.05, 3.63) is 121 Å². The summed E-state index contributed by atoms with van der Waals surface area (Å²) in [5.74, 6) is 0. The van der Waals surface area contributed by atoms with Gasteiger partial charge in [0, 0.05) is 77.6 Å². The smallest absolute Gasteiger partial charge is 0.0978 e. The van der Waals surface area contributed by atoms with Gasteiger partial charge in [-0.2, -0.15) is 0 Å². The van der Waals surface area contributed by atoms with Crippen molar-refractivity contribution in [3.8, 4) is 0 Å². The fourth-order valence-electron chi connectivity index (χ4n) is 15.3. The number of nitrogens with zero attached hydrogens (tertiary/aromatic N) is 6. The van der Waals surface area contributed by atoms with Crippen LogP contribution in [0.1, 0.15) is 64.2 Å². The van der Waals surface area contributed by atoms with Crippen LogP contribution in [0.2, 0.25) is 0 Å².